The molecule has 3 rings (SSSR count). The molecule has 9 nitrogen and oxygen atoms in total. The van der Waals surface area contributed by atoms with E-state index in [1.54, 1.807) is 23.0 Å². The van der Waals surface area contributed by atoms with E-state index in [0.717, 1.165) is 23.0 Å². The third-order valence-electron chi connectivity index (χ3n) is 5.47. The number of nitrogens with one attached hydrogen (secondary N) is 1. The van der Waals surface area contributed by atoms with Crippen LogP contribution in [0.2, 0.25) is 0 Å². The summed E-state index contributed by atoms with van der Waals surface area (Å²) in [6, 6.07) is 11.3. The van der Waals surface area contributed by atoms with Gasteiger partial charge in [-0.1, -0.05) is 59.9 Å². The Labute approximate surface area is 222 Å². The fraction of sp³-hybridized carbons (Fsp3) is 0.304. The number of aromatic nitrogens is 2. The molecule has 38 heavy (non-hydrogen) atoms. The minimum atomic E-state index is -6.16. The standard InChI is InChI=1S/C23H24F3N3O6S3/c1-3-4-9-19-27-21(36-2)20(22(30)31)29(19)14-15-10-12-16(13-11-15)17-7-5-6-8-18(17)37(32,33)28-38(34,35)23(24,25)26/h5-8,10-13,28H,3-4,9,14H2,1-2H3,(H,30,31). The minimum Gasteiger partial charge on any atom is -0.476 e. The molecule has 0 aliphatic heterocycles. The van der Waals surface area contributed by atoms with Crippen LogP contribution in [-0.4, -0.2) is 49.2 Å². The first-order valence-electron chi connectivity index (χ1n) is 11.1. The van der Waals surface area contributed by atoms with E-state index in [2.05, 4.69) is 4.98 Å². The van der Waals surface area contributed by atoms with Crippen LogP contribution in [0.4, 0.5) is 13.2 Å². The maximum Gasteiger partial charge on any atom is 0.512 e. The van der Waals surface area contributed by atoms with Crippen LogP contribution in [-0.2, 0) is 33.0 Å². The molecule has 2 aromatic carbocycles. The van der Waals surface area contributed by atoms with Crippen LogP contribution in [0.15, 0.2) is 58.5 Å². The molecule has 3 aromatic rings. The van der Waals surface area contributed by atoms with Crippen molar-refractivity contribution in [2.75, 3.05) is 6.26 Å². The lowest BCUT2D eigenvalue weighted by Gasteiger charge is -2.14. The van der Waals surface area contributed by atoms with E-state index in [4.69, 9.17) is 0 Å². The average molecular weight is 592 g/mol. The highest BCUT2D eigenvalue weighted by atomic mass is 32.3. The molecule has 0 radical (unpaired) electrons. The number of thioether (sulfide) groups is 1. The number of hydrogen-bond acceptors (Lipinski definition) is 7. The Hall–Kier alpha value is -2.88. The third kappa shape index (κ3) is 6.39. The smallest absolute Gasteiger partial charge is 0.476 e. The molecule has 0 saturated heterocycles. The molecule has 0 saturated carbocycles. The van der Waals surface area contributed by atoms with Gasteiger partial charge in [0.15, 0.2) is 5.69 Å². The van der Waals surface area contributed by atoms with Gasteiger partial charge >= 0.3 is 21.5 Å². The summed E-state index contributed by atoms with van der Waals surface area (Å²) >= 11 is 1.22. The number of carboxylic acids is 1. The van der Waals surface area contributed by atoms with Gasteiger partial charge in [0.05, 0.1) is 4.90 Å². The first kappa shape index (κ1) is 29.7. The van der Waals surface area contributed by atoms with Crippen molar-refractivity contribution in [3.05, 3.63) is 65.6 Å². The Balaban J connectivity index is 1.98. The number of alkyl halides is 3. The highest BCUT2D eigenvalue weighted by molar-refractivity contribution is 8.05. The van der Waals surface area contributed by atoms with E-state index < -0.39 is 36.4 Å². The Kier molecular flexibility index (Phi) is 8.96. The lowest BCUT2D eigenvalue weighted by atomic mass is 10.0. The number of carboxylic acid groups (broad SMARTS) is 1. The van der Waals surface area contributed by atoms with Crippen molar-refractivity contribution in [1.82, 2.24) is 13.7 Å². The second-order valence-electron chi connectivity index (χ2n) is 8.11. The molecule has 0 aliphatic carbocycles. The zero-order valence-corrected chi connectivity index (χ0v) is 22.6. The predicted molar refractivity (Wildman–Crippen MR) is 136 cm³/mol. The van der Waals surface area contributed by atoms with Crippen LogP contribution in [0.25, 0.3) is 11.1 Å². The van der Waals surface area contributed by atoms with Gasteiger partial charge in [-0.15, -0.1) is 11.8 Å². The summed E-state index contributed by atoms with van der Waals surface area (Å²) in [5.74, 6) is -0.507. The van der Waals surface area contributed by atoms with Gasteiger partial charge in [0.25, 0.3) is 10.0 Å². The van der Waals surface area contributed by atoms with E-state index in [1.807, 2.05) is 6.92 Å². The molecule has 0 amide bonds. The molecule has 1 aromatic heterocycles. The number of rotatable bonds is 11. The normalized spacial score (nSPS) is 12.6. The van der Waals surface area contributed by atoms with Crippen molar-refractivity contribution in [3.8, 4) is 11.1 Å². The number of unbranched alkanes of at least 4 members (excludes halogenated alkanes) is 1. The third-order valence-corrected chi connectivity index (χ3v) is 9.44. The molecule has 206 valence electrons. The number of imidazole rings is 1. The summed E-state index contributed by atoms with van der Waals surface area (Å²) in [4.78, 5) is 15.8. The van der Waals surface area contributed by atoms with Gasteiger partial charge in [0.2, 0.25) is 0 Å². The van der Waals surface area contributed by atoms with Crippen LogP contribution in [0.5, 0.6) is 0 Å². The van der Waals surface area contributed by atoms with Crippen molar-refractivity contribution in [3.63, 3.8) is 0 Å². The van der Waals surface area contributed by atoms with Crippen LogP contribution in [0.3, 0.4) is 0 Å². The monoisotopic (exact) mass is 591 g/mol. The van der Waals surface area contributed by atoms with Crippen LogP contribution in [0.1, 0.15) is 41.6 Å². The van der Waals surface area contributed by atoms with Gasteiger partial charge in [0.1, 0.15) is 10.9 Å². The fourth-order valence-corrected chi connectivity index (χ4v) is 6.88. The molecule has 0 spiro atoms. The van der Waals surface area contributed by atoms with E-state index >= 15 is 0 Å². The largest absolute Gasteiger partial charge is 0.512 e. The number of halogens is 3. The summed E-state index contributed by atoms with van der Waals surface area (Å²) in [6.07, 6.45) is 4.01. The molecule has 0 aliphatic rings. The number of nitrogens with zero attached hydrogens (tertiary/aromatic N) is 2. The Morgan fingerprint density at radius 2 is 1.71 bits per heavy atom. The van der Waals surface area contributed by atoms with Gasteiger partial charge in [-0.05, 0) is 29.9 Å². The first-order valence-corrected chi connectivity index (χ1v) is 15.3. The number of sulfonamides is 2. The maximum atomic E-state index is 12.8. The second kappa shape index (κ2) is 11.5. The Bertz CT molecular complexity index is 1530. The van der Waals surface area contributed by atoms with Crippen molar-refractivity contribution in [2.45, 2.75) is 48.2 Å². The minimum absolute atomic E-state index is 0.0221. The van der Waals surface area contributed by atoms with Crippen molar-refractivity contribution < 1.29 is 39.9 Å². The average Bonchev–Trinajstić information content (AvgIpc) is 3.19. The van der Waals surface area contributed by atoms with Crippen molar-refractivity contribution >= 4 is 37.8 Å². The number of benzene rings is 2. The summed E-state index contributed by atoms with van der Waals surface area (Å²) in [5, 5.41) is 10.2. The lowest BCUT2D eigenvalue weighted by Crippen LogP contribution is -2.40. The molecular weight excluding hydrogens is 567 g/mol. The van der Waals surface area contributed by atoms with Gasteiger partial charge in [-0.25, -0.2) is 26.6 Å². The van der Waals surface area contributed by atoms with E-state index in [0.29, 0.717) is 28.4 Å². The molecule has 0 unspecified atom stereocenters. The highest BCUT2D eigenvalue weighted by Gasteiger charge is 2.48. The van der Waals surface area contributed by atoms with Crippen molar-refractivity contribution in [1.29, 1.82) is 0 Å². The number of carbonyl (C=O) groups is 1. The number of aromatic carboxylic acids is 1. The van der Waals surface area contributed by atoms with E-state index in [1.165, 1.54) is 42.1 Å². The quantitative estimate of drug-likeness (QED) is 0.312. The zero-order chi connectivity index (χ0) is 28.3. The lowest BCUT2D eigenvalue weighted by molar-refractivity contribution is -0.0441. The van der Waals surface area contributed by atoms with Crippen LogP contribution in [0, 0.1) is 0 Å². The van der Waals surface area contributed by atoms with Crippen LogP contribution < -0.4 is 4.13 Å². The molecule has 0 atom stereocenters. The molecule has 0 bridgehead atoms. The molecular formula is C23H24F3N3O6S3. The first-order chi connectivity index (χ1) is 17.7. The topological polar surface area (TPSA) is 135 Å². The summed E-state index contributed by atoms with van der Waals surface area (Å²) in [5.41, 5.74) is -4.83. The Morgan fingerprint density at radius 1 is 1.08 bits per heavy atom. The Morgan fingerprint density at radius 3 is 2.26 bits per heavy atom. The number of hydrogen-bond donors (Lipinski definition) is 2. The molecule has 1 heterocycles. The van der Waals surface area contributed by atoms with Gasteiger partial charge in [-0.3, -0.25) is 0 Å². The van der Waals surface area contributed by atoms with E-state index in [9.17, 15) is 39.9 Å². The van der Waals surface area contributed by atoms with Gasteiger partial charge in [-0.2, -0.15) is 13.2 Å². The second-order valence-corrected chi connectivity index (χ2v) is 12.5. The molecule has 15 heteroatoms. The highest BCUT2D eigenvalue weighted by Crippen LogP contribution is 2.30. The van der Waals surface area contributed by atoms with Gasteiger partial charge in [0, 0.05) is 18.5 Å². The van der Waals surface area contributed by atoms with Gasteiger partial charge < -0.3 is 9.67 Å². The molecule has 0 fully saturated rings. The van der Waals surface area contributed by atoms with E-state index in [-0.39, 0.29) is 17.8 Å². The molecule has 2 N–H and O–H groups in total. The van der Waals surface area contributed by atoms with Crippen LogP contribution >= 0.6 is 11.8 Å². The zero-order valence-electron chi connectivity index (χ0n) is 20.2. The van der Waals surface area contributed by atoms with Crippen molar-refractivity contribution in [2.24, 2.45) is 0 Å². The summed E-state index contributed by atoms with van der Waals surface area (Å²) in [7, 11) is -11.3. The maximum absolute atomic E-state index is 12.8. The summed E-state index contributed by atoms with van der Waals surface area (Å²) in [6.45, 7) is 2.17. The predicted octanol–water partition coefficient (Wildman–Crippen LogP) is 4.49. The summed E-state index contributed by atoms with van der Waals surface area (Å²) < 4.78 is 88.7. The SMILES string of the molecule is CCCCc1nc(SC)c(C(=O)O)n1Cc1ccc(-c2ccccc2S(=O)(=O)NS(=O)(=O)C(F)(F)F)cc1. The number of aryl methyl sites for hydroxylation is 1. The fourth-order valence-electron chi connectivity index (χ4n) is 3.67.